The van der Waals surface area contributed by atoms with Crippen LogP contribution in [0.3, 0.4) is 0 Å². The van der Waals surface area contributed by atoms with Gasteiger partial charge in [-0.15, -0.1) is 12.4 Å². The minimum absolute atomic E-state index is 0. The minimum atomic E-state index is -0.323. The first-order chi connectivity index (χ1) is 7.63. The monoisotopic (exact) mass is 265 g/mol. The van der Waals surface area contributed by atoms with Crippen LogP contribution in [0.25, 0.3) is 0 Å². The van der Waals surface area contributed by atoms with E-state index in [0.717, 1.165) is 19.4 Å². The van der Waals surface area contributed by atoms with Gasteiger partial charge in [-0.2, -0.15) is 0 Å². The van der Waals surface area contributed by atoms with Crippen molar-refractivity contribution >= 4 is 24.4 Å². The minimum Gasteiger partial charge on any atom is -0.469 e. The van der Waals surface area contributed by atoms with Gasteiger partial charge in [0.05, 0.1) is 13.5 Å². The van der Waals surface area contributed by atoms with Gasteiger partial charge in [-0.05, 0) is 12.8 Å². The molecule has 0 radical (unpaired) electrons. The Morgan fingerprint density at radius 2 is 2.24 bits per heavy atom. The Morgan fingerprint density at radius 3 is 2.82 bits per heavy atom. The van der Waals surface area contributed by atoms with Gasteiger partial charge in [0.1, 0.15) is 0 Å². The molecule has 1 atom stereocenters. The van der Waals surface area contributed by atoms with Crippen LogP contribution in [0.5, 0.6) is 0 Å². The fraction of sp³-hybridized carbons (Fsp3) is 0.800. The molecule has 1 heterocycles. The molecule has 2 amide bonds. The second-order valence-electron chi connectivity index (χ2n) is 3.91. The number of halogens is 1. The number of nitrogens with two attached hydrogens (primary N) is 1. The molecule has 1 aliphatic rings. The van der Waals surface area contributed by atoms with E-state index in [1.54, 1.807) is 4.90 Å². The van der Waals surface area contributed by atoms with Crippen molar-refractivity contribution in [2.75, 3.05) is 26.7 Å². The van der Waals surface area contributed by atoms with E-state index in [-0.39, 0.29) is 36.9 Å². The molecule has 0 saturated carbocycles. The Labute approximate surface area is 107 Å². The number of amides is 2. The van der Waals surface area contributed by atoms with Crippen LogP contribution in [0, 0.1) is 0 Å². The summed E-state index contributed by atoms with van der Waals surface area (Å²) in [5.74, 6) is -0.323. The number of piperidine rings is 1. The highest BCUT2D eigenvalue weighted by Crippen LogP contribution is 2.07. The fourth-order valence-corrected chi connectivity index (χ4v) is 1.68. The average molecular weight is 266 g/mol. The summed E-state index contributed by atoms with van der Waals surface area (Å²) in [6.45, 7) is 1.62. The molecule has 1 fully saturated rings. The zero-order chi connectivity index (χ0) is 12.0. The molecule has 0 aliphatic carbocycles. The van der Waals surface area contributed by atoms with E-state index in [1.807, 2.05) is 0 Å². The Morgan fingerprint density at radius 1 is 1.53 bits per heavy atom. The zero-order valence-corrected chi connectivity index (χ0v) is 10.8. The number of hydrogen-bond acceptors (Lipinski definition) is 4. The number of rotatable bonds is 3. The van der Waals surface area contributed by atoms with Crippen LogP contribution < -0.4 is 11.1 Å². The Hall–Kier alpha value is -1.01. The number of urea groups is 1. The summed E-state index contributed by atoms with van der Waals surface area (Å²) in [4.78, 5) is 24.1. The number of esters is 1. The molecule has 0 aromatic heterocycles. The topological polar surface area (TPSA) is 84.7 Å². The second kappa shape index (κ2) is 8.14. The van der Waals surface area contributed by atoms with Crippen molar-refractivity contribution in [3.05, 3.63) is 0 Å². The third-order valence-electron chi connectivity index (χ3n) is 2.58. The van der Waals surface area contributed by atoms with E-state index in [1.165, 1.54) is 7.11 Å². The predicted octanol–water partition coefficient (Wildman–Crippen LogP) is 0.104. The Kier molecular flexibility index (Phi) is 7.65. The van der Waals surface area contributed by atoms with Gasteiger partial charge in [0, 0.05) is 25.7 Å². The van der Waals surface area contributed by atoms with E-state index >= 15 is 0 Å². The van der Waals surface area contributed by atoms with Gasteiger partial charge in [0.15, 0.2) is 0 Å². The van der Waals surface area contributed by atoms with Crippen molar-refractivity contribution in [2.24, 2.45) is 5.73 Å². The summed E-state index contributed by atoms with van der Waals surface area (Å²) in [5, 5.41) is 2.67. The second-order valence-corrected chi connectivity index (χ2v) is 3.91. The lowest BCUT2D eigenvalue weighted by Gasteiger charge is -2.30. The molecule has 17 heavy (non-hydrogen) atoms. The quantitative estimate of drug-likeness (QED) is 0.709. The average Bonchev–Trinajstić information content (AvgIpc) is 2.28. The van der Waals surface area contributed by atoms with Crippen LogP contribution in [-0.2, 0) is 9.53 Å². The van der Waals surface area contributed by atoms with Crippen molar-refractivity contribution in [1.29, 1.82) is 0 Å². The molecule has 1 saturated heterocycles. The summed E-state index contributed by atoms with van der Waals surface area (Å²) in [6, 6.07) is -0.0841. The highest BCUT2D eigenvalue weighted by Gasteiger charge is 2.20. The lowest BCUT2D eigenvalue weighted by Crippen LogP contribution is -2.49. The summed E-state index contributed by atoms with van der Waals surface area (Å²) in [7, 11) is 1.33. The molecule has 7 heteroatoms. The maximum absolute atomic E-state index is 11.6. The van der Waals surface area contributed by atoms with Crippen molar-refractivity contribution < 1.29 is 14.3 Å². The van der Waals surface area contributed by atoms with Gasteiger partial charge in [-0.3, -0.25) is 4.79 Å². The smallest absolute Gasteiger partial charge is 0.317 e. The molecule has 1 rings (SSSR count). The van der Waals surface area contributed by atoms with Crippen molar-refractivity contribution in [3.63, 3.8) is 0 Å². The molecule has 0 unspecified atom stereocenters. The molecular formula is C10H20ClN3O3. The van der Waals surface area contributed by atoms with Crippen LogP contribution >= 0.6 is 12.4 Å². The first-order valence-corrected chi connectivity index (χ1v) is 5.48. The van der Waals surface area contributed by atoms with Crippen LogP contribution in [0.4, 0.5) is 4.79 Å². The largest absolute Gasteiger partial charge is 0.469 e. The summed E-state index contributed by atoms with van der Waals surface area (Å²) in [6.07, 6.45) is 2.10. The van der Waals surface area contributed by atoms with Gasteiger partial charge < -0.3 is 20.7 Å². The fourth-order valence-electron chi connectivity index (χ4n) is 1.68. The van der Waals surface area contributed by atoms with E-state index < -0.39 is 0 Å². The normalized spacial score (nSPS) is 19.2. The lowest BCUT2D eigenvalue weighted by atomic mass is 10.1. The Balaban J connectivity index is 0.00000256. The number of likely N-dealkylation sites (tertiary alicyclic amines) is 1. The highest BCUT2D eigenvalue weighted by molar-refractivity contribution is 5.85. The number of nitrogens with zero attached hydrogens (tertiary/aromatic N) is 1. The molecule has 0 spiro atoms. The first kappa shape index (κ1) is 16.0. The van der Waals surface area contributed by atoms with E-state index in [0.29, 0.717) is 13.1 Å². The molecule has 0 aromatic carbocycles. The molecule has 0 bridgehead atoms. The number of ether oxygens (including phenoxy) is 1. The predicted molar refractivity (Wildman–Crippen MR) is 66.1 cm³/mol. The van der Waals surface area contributed by atoms with Crippen molar-refractivity contribution in [3.8, 4) is 0 Å². The number of carbonyl (C=O) groups excluding carboxylic acids is 2. The molecule has 6 nitrogen and oxygen atoms in total. The van der Waals surface area contributed by atoms with E-state index in [4.69, 9.17) is 5.73 Å². The third kappa shape index (κ3) is 5.74. The van der Waals surface area contributed by atoms with Gasteiger partial charge in [-0.1, -0.05) is 0 Å². The number of nitrogens with one attached hydrogen (secondary N) is 1. The highest BCUT2D eigenvalue weighted by atomic mass is 35.5. The summed E-state index contributed by atoms with van der Waals surface area (Å²) >= 11 is 0. The van der Waals surface area contributed by atoms with Crippen LogP contribution in [-0.4, -0.2) is 49.7 Å². The van der Waals surface area contributed by atoms with Crippen LogP contribution in [0.1, 0.15) is 19.3 Å². The van der Waals surface area contributed by atoms with Crippen LogP contribution in [0.2, 0.25) is 0 Å². The number of hydrogen-bond donors (Lipinski definition) is 2. The molecule has 0 aromatic rings. The Bertz CT molecular complexity index is 263. The zero-order valence-electron chi connectivity index (χ0n) is 9.98. The first-order valence-electron chi connectivity index (χ1n) is 5.48. The van der Waals surface area contributed by atoms with E-state index in [9.17, 15) is 9.59 Å². The lowest BCUT2D eigenvalue weighted by molar-refractivity contribution is -0.140. The maximum atomic E-state index is 11.6. The number of methoxy groups -OCH3 is 1. The van der Waals surface area contributed by atoms with Gasteiger partial charge in [0.2, 0.25) is 0 Å². The molecule has 100 valence electrons. The summed E-state index contributed by atoms with van der Waals surface area (Å²) in [5.41, 5.74) is 5.77. The molecular weight excluding hydrogens is 246 g/mol. The summed E-state index contributed by atoms with van der Waals surface area (Å²) < 4.78 is 4.47. The van der Waals surface area contributed by atoms with Gasteiger partial charge in [0.25, 0.3) is 0 Å². The van der Waals surface area contributed by atoms with Crippen LogP contribution in [0.15, 0.2) is 0 Å². The van der Waals surface area contributed by atoms with E-state index in [2.05, 4.69) is 10.1 Å². The molecule has 3 N–H and O–H groups in total. The van der Waals surface area contributed by atoms with Crippen molar-refractivity contribution in [1.82, 2.24) is 10.2 Å². The van der Waals surface area contributed by atoms with Gasteiger partial charge >= 0.3 is 12.0 Å². The standard InChI is InChI=1S/C10H19N3O3.ClH/c1-16-9(14)4-5-12-10(15)13-6-2-3-8(11)7-13;/h8H,2-7,11H2,1H3,(H,12,15);1H/t8-;/m0./s1. The maximum Gasteiger partial charge on any atom is 0.317 e. The third-order valence-corrected chi connectivity index (χ3v) is 2.58. The van der Waals surface area contributed by atoms with Gasteiger partial charge in [-0.25, -0.2) is 4.79 Å². The van der Waals surface area contributed by atoms with Crippen molar-refractivity contribution in [2.45, 2.75) is 25.3 Å². The molecule has 1 aliphatic heterocycles. The number of carbonyl (C=O) groups is 2. The SMILES string of the molecule is COC(=O)CCNC(=O)N1CCC[C@H](N)C1.Cl.